The number of carbonyl (C=O) groups excluding carboxylic acids is 3. The highest BCUT2D eigenvalue weighted by Gasteiger charge is 2.29. The minimum atomic E-state index is -0.705. The van der Waals surface area contributed by atoms with Gasteiger partial charge in [-0.3, -0.25) is 9.59 Å². The molecule has 0 unspecified atom stereocenters. The van der Waals surface area contributed by atoms with E-state index in [0.29, 0.717) is 34.3 Å². The fraction of sp³-hybridized carbons (Fsp3) is 0.172. The maximum absolute atomic E-state index is 13.4. The lowest BCUT2D eigenvalue weighted by atomic mass is 10.1. The number of nitrogens with zero attached hydrogens (tertiary/aromatic N) is 2. The molecule has 1 fully saturated rings. The second-order valence-corrected chi connectivity index (χ2v) is 10.3. The number of aryl methyl sites for hydroxylation is 1. The molecule has 3 aromatic carbocycles. The molecule has 0 saturated heterocycles. The monoisotopic (exact) mass is 525 g/mol. The maximum atomic E-state index is 13.4. The molecule has 4 aromatic rings. The quantitative estimate of drug-likeness (QED) is 0.290. The Morgan fingerprint density at radius 1 is 1.00 bits per heavy atom. The van der Waals surface area contributed by atoms with Gasteiger partial charge in [0.05, 0.1) is 11.4 Å². The van der Waals surface area contributed by atoms with Gasteiger partial charge in [-0.05, 0) is 60.6 Å². The minimum absolute atomic E-state index is 0.262. The number of primary amides is 2. The number of rotatable bonds is 8. The van der Waals surface area contributed by atoms with Gasteiger partial charge in [0.2, 0.25) is 5.91 Å². The third-order valence-electron chi connectivity index (χ3n) is 6.47. The molecule has 5 rings (SSSR count). The van der Waals surface area contributed by atoms with Crippen molar-refractivity contribution in [3.63, 3.8) is 0 Å². The lowest BCUT2D eigenvalue weighted by Crippen LogP contribution is -2.32. The van der Waals surface area contributed by atoms with Crippen molar-refractivity contribution in [2.45, 2.75) is 32.2 Å². The van der Waals surface area contributed by atoms with E-state index in [-0.39, 0.29) is 16.6 Å². The number of nitrogens with one attached hydrogen (secondary N) is 1. The first-order valence-electron chi connectivity index (χ1n) is 12.2. The Morgan fingerprint density at radius 2 is 1.76 bits per heavy atom. The van der Waals surface area contributed by atoms with Crippen molar-refractivity contribution >= 4 is 40.0 Å². The predicted molar refractivity (Wildman–Crippen MR) is 149 cm³/mol. The number of thiazole rings is 1. The first-order chi connectivity index (χ1) is 18.3. The number of carbonyl (C=O) groups is 3. The van der Waals surface area contributed by atoms with Gasteiger partial charge >= 0.3 is 6.03 Å². The molecule has 1 saturated carbocycles. The van der Waals surface area contributed by atoms with Crippen LogP contribution in [0.25, 0.3) is 11.3 Å². The Morgan fingerprint density at radius 3 is 2.45 bits per heavy atom. The van der Waals surface area contributed by atoms with Crippen LogP contribution in [-0.2, 0) is 6.54 Å². The van der Waals surface area contributed by atoms with Gasteiger partial charge in [0.1, 0.15) is 4.88 Å². The summed E-state index contributed by atoms with van der Waals surface area (Å²) >= 11 is 1.07. The molecule has 0 bridgehead atoms. The van der Waals surface area contributed by atoms with Crippen LogP contribution in [0.5, 0.6) is 0 Å². The molecule has 38 heavy (non-hydrogen) atoms. The third kappa shape index (κ3) is 5.28. The lowest BCUT2D eigenvalue weighted by molar-refractivity contribution is 0.0954. The largest absolute Gasteiger partial charge is 0.366 e. The van der Waals surface area contributed by atoms with Gasteiger partial charge < -0.3 is 16.8 Å². The van der Waals surface area contributed by atoms with Crippen molar-refractivity contribution in [3.8, 4) is 11.3 Å². The first kappa shape index (κ1) is 25.2. The molecule has 4 amide bonds. The van der Waals surface area contributed by atoms with E-state index < -0.39 is 11.9 Å². The number of benzene rings is 3. The average molecular weight is 526 g/mol. The Kier molecular flexibility index (Phi) is 6.93. The normalized spacial score (nSPS) is 12.7. The first-order valence-corrected chi connectivity index (χ1v) is 13.1. The molecule has 8 nitrogen and oxygen atoms in total. The summed E-state index contributed by atoms with van der Waals surface area (Å²) in [7, 11) is 0. The summed E-state index contributed by atoms with van der Waals surface area (Å²) in [6, 6.07) is 21.4. The molecule has 1 aliphatic rings. The second-order valence-electron chi connectivity index (χ2n) is 9.28. The van der Waals surface area contributed by atoms with Gasteiger partial charge in [-0.1, -0.05) is 65.9 Å². The van der Waals surface area contributed by atoms with Gasteiger partial charge in [0.15, 0.2) is 5.13 Å². The number of hydrogen-bond donors (Lipinski definition) is 3. The van der Waals surface area contributed by atoms with Crippen molar-refractivity contribution in [1.29, 1.82) is 0 Å². The van der Waals surface area contributed by atoms with Crippen LogP contribution in [0.1, 0.15) is 55.5 Å². The number of anilines is 2. The molecule has 0 radical (unpaired) electrons. The maximum Gasteiger partial charge on any atom is 0.325 e. The van der Waals surface area contributed by atoms with Crippen LogP contribution >= 0.6 is 11.3 Å². The van der Waals surface area contributed by atoms with Crippen LogP contribution in [0.4, 0.5) is 15.6 Å². The van der Waals surface area contributed by atoms with Gasteiger partial charge in [-0.25, -0.2) is 14.7 Å². The Labute approximate surface area is 224 Å². The highest BCUT2D eigenvalue weighted by molar-refractivity contribution is 7.18. The molecule has 192 valence electrons. The summed E-state index contributed by atoms with van der Waals surface area (Å²) in [4.78, 5) is 44.4. The van der Waals surface area contributed by atoms with E-state index in [1.54, 1.807) is 24.3 Å². The summed E-state index contributed by atoms with van der Waals surface area (Å²) in [6.45, 7) is 2.22. The van der Waals surface area contributed by atoms with Crippen molar-refractivity contribution in [2.75, 3.05) is 4.90 Å². The van der Waals surface area contributed by atoms with E-state index in [1.165, 1.54) is 4.90 Å². The van der Waals surface area contributed by atoms with E-state index in [1.807, 2.05) is 49.4 Å². The standard InChI is InChI=1S/C29H27N5O3S/c1-17-10-11-20(19-12-13-19)15-23(17)34(28(31)37)29-33-24(21-8-5-9-22(14-21)26(30)35)25(38-29)27(36)32-16-18-6-3-2-4-7-18/h2-11,14-15,19H,12-13,16H2,1H3,(H2,30,35)(H2,31,37)(H,32,36). The second kappa shape index (κ2) is 10.5. The number of aromatic nitrogens is 1. The van der Waals surface area contributed by atoms with E-state index in [9.17, 15) is 14.4 Å². The van der Waals surface area contributed by atoms with Crippen LogP contribution in [-0.4, -0.2) is 22.8 Å². The number of hydrogen-bond acceptors (Lipinski definition) is 5. The van der Waals surface area contributed by atoms with E-state index in [4.69, 9.17) is 16.5 Å². The van der Waals surface area contributed by atoms with Gasteiger partial charge in [-0.2, -0.15) is 0 Å². The molecule has 1 aliphatic carbocycles. The van der Waals surface area contributed by atoms with Crippen LogP contribution in [0.3, 0.4) is 0 Å². The molecule has 0 atom stereocenters. The summed E-state index contributed by atoms with van der Waals surface area (Å²) in [5.41, 5.74) is 16.1. The van der Waals surface area contributed by atoms with Crippen LogP contribution < -0.4 is 21.7 Å². The zero-order valence-electron chi connectivity index (χ0n) is 20.8. The lowest BCUT2D eigenvalue weighted by Gasteiger charge is -2.20. The van der Waals surface area contributed by atoms with Crippen molar-refractivity contribution in [2.24, 2.45) is 11.5 Å². The molecule has 5 N–H and O–H groups in total. The van der Waals surface area contributed by atoms with Crippen LogP contribution in [0.2, 0.25) is 0 Å². The van der Waals surface area contributed by atoms with Gasteiger partial charge in [0.25, 0.3) is 5.91 Å². The summed E-state index contributed by atoms with van der Waals surface area (Å²) in [5.74, 6) is -0.472. The highest BCUT2D eigenvalue weighted by Crippen LogP contribution is 2.43. The van der Waals surface area contributed by atoms with Crippen molar-refractivity contribution < 1.29 is 14.4 Å². The summed E-state index contributed by atoms with van der Waals surface area (Å²) in [6.07, 6.45) is 2.23. The number of amides is 4. The van der Waals surface area contributed by atoms with Crippen LogP contribution in [0.15, 0.2) is 72.8 Å². The molecular formula is C29H27N5O3S. The average Bonchev–Trinajstić information content (AvgIpc) is 3.68. The minimum Gasteiger partial charge on any atom is -0.366 e. The SMILES string of the molecule is Cc1ccc(C2CC2)cc1N(C(N)=O)c1nc(-c2cccc(C(N)=O)c2)c(C(=O)NCc2ccccc2)s1. The van der Waals surface area contributed by atoms with Gasteiger partial charge in [-0.15, -0.1) is 0 Å². The molecule has 9 heteroatoms. The molecule has 1 heterocycles. The summed E-state index contributed by atoms with van der Waals surface area (Å²) in [5, 5.41) is 3.19. The van der Waals surface area contributed by atoms with E-state index in [2.05, 4.69) is 11.4 Å². The van der Waals surface area contributed by atoms with E-state index in [0.717, 1.165) is 40.9 Å². The predicted octanol–water partition coefficient (Wildman–Crippen LogP) is 5.24. The fourth-order valence-corrected chi connectivity index (χ4v) is 5.31. The molecule has 0 spiro atoms. The topological polar surface area (TPSA) is 131 Å². The fourth-order valence-electron chi connectivity index (χ4n) is 4.29. The zero-order valence-corrected chi connectivity index (χ0v) is 21.6. The van der Waals surface area contributed by atoms with Crippen LogP contribution in [0, 0.1) is 6.92 Å². The number of nitrogens with two attached hydrogens (primary N) is 2. The third-order valence-corrected chi connectivity index (χ3v) is 7.51. The summed E-state index contributed by atoms with van der Waals surface area (Å²) < 4.78 is 0. The molecule has 1 aromatic heterocycles. The van der Waals surface area contributed by atoms with Gasteiger partial charge in [0, 0.05) is 17.7 Å². The molecular weight excluding hydrogens is 498 g/mol. The highest BCUT2D eigenvalue weighted by atomic mass is 32.1. The Hall–Kier alpha value is -4.50. The Bertz CT molecular complexity index is 1530. The van der Waals surface area contributed by atoms with Crippen molar-refractivity contribution in [3.05, 3.63) is 99.9 Å². The smallest absolute Gasteiger partial charge is 0.325 e. The van der Waals surface area contributed by atoms with Crippen molar-refractivity contribution in [1.82, 2.24) is 10.3 Å². The Balaban J connectivity index is 1.58. The van der Waals surface area contributed by atoms with E-state index >= 15 is 0 Å². The molecule has 0 aliphatic heterocycles. The number of urea groups is 1. The zero-order chi connectivity index (χ0) is 26.8.